The maximum absolute atomic E-state index is 12.1. The van der Waals surface area contributed by atoms with E-state index in [4.69, 9.17) is 16.3 Å². The van der Waals surface area contributed by atoms with E-state index in [2.05, 4.69) is 15.4 Å². The molecule has 8 nitrogen and oxygen atoms in total. The maximum atomic E-state index is 12.1. The summed E-state index contributed by atoms with van der Waals surface area (Å²) in [6.07, 6.45) is 0.823. The lowest BCUT2D eigenvalue weighted by Gasteiger charge is -2.41. The van der Waals surface area contributed by atoms with Crippen molar-refractivity contribution in [2.75, 3.05) is 18.5 Å². The number of aliphatic hydroxyl groups excluding tert-OH is 1. The van der Waals surface area contributed by atoms with Crippen LogP contribution in [0.1, 0.15) is 25.6 Å². The molecular weight excluding hydrogens is 358 g/mol. The monoisotopic (exact) mass is 379 g/mol. The Labute approximate surface area is 156 Å². The third-order valence-electron chi connectivity index (χ3n) is 4.40. The number of anilines is 2. The molecule has 1 fully saturated rings. The Balaban J connectivity index is 1.77. The summed E-state index contributed by atoms with van der Waals surface area (Å²) in [5.41, 5.74) is 0.650. The van der Waals surface area contributed by atoms with Crippen molar-refractivity contribution in [3.05, 3.63) is 45.5 Å². The second-order valence-corrected chi connectivity index (χ2v) is 6.85. The summed E-state index contributed by atoms with van der Waals surface area (Å²) in [5, 5.41) is 17.7. The van der Waals surface area contributed by atoms with Gasteiger partial charge in [-0.15, -0.1) is 0 Å². The summed E-state index contributed by atoms with van der Waals surface area (Å²) in [4.78, 5) is 18.4. The number of halogens is 1. The summed E-state index contributed by atoms with van der Waals surface area (Å²) in [7, 11) is 1.52. The molecule has 3 rings (SSSR count). The number of nitrogens with zero attached hydrogens (tertiary/aromatic N) is 4. The van der Waals surface area contributed by atoms with Gasteiger partial charge in [0.25, 0.3) is 5.56 Å². The lowest BCUT2D eigenvalue weighted by atomic mass is 10.1. The van der Waals surface area contributed by atoms with Crippen molar-refractivity contribution in [2.24, 2.45) is 7.05 Å². The summed E-state index contributed by atoms with van der Waals surface area (Å²) < 4.78 is 6.66. The SMILES string of the molecule is C[C@@H]1COC[C@H](C)N1C(O)c1ccc(Nc2cc(Cl)nn(C)c2=O)nc1. The maximum Gasteiger partial charge on any atom is 0.290 e. The Hall–Kier alpha value is -2.00. The van der Waals surface area contributed by atoms with E-state index in [0.717, 1.165) is 4.68 Å². The quantitative estimate of drug-likeness (QED) is 0.834. The third kappa shape index (κ3) is 3.88. The molecule has 0 saturated carbocycles. The van der Waals surface area contributed by atoms with E-state index >= 15 is 0 Å². The van der Waals surface area contributed by atoms with Crippen LogP contribution in [0.3, 0.4) is 0 Å². The van der Waals surface area contributed by atoms with Crippen LogP contribution in [0, 0.1) is 0 Å². The van der Waals surface area contributed by atoms with Crippen molar-refractivity contribution in [1.82, 2.24) is 19.7 Å². The molecule has 0 amide bonds. The fourth-order valence-electron chi connectivity index (χ4n) is 3.10. The number of aliphatic hydroxyl groups is 1. The number of aryl methyl sites for hydroxylation is 1. The van der Waals surface area contributed by atoms with Crippen molar-refractivity contribution in [3.63, 3.8) is 0 Å². The van der Waals surface area contributed by atoms with E-state index in [9.17, 15) is 9.90 Å². The van der Waals surface area contributed by atoms with Crippen molar-refractivity contribution in [1.29, 1.82) is 0 Å². The number of pyridine rings is 1. The van der Waals surface area contributed by atoms with E-state index in [1.54, 1.807) is 18.3 Å². The molecule has 2 aromatic rings. The Morgan fingerprint density at radius 1 is 1.35 bits per heavy atom. The number of morpholine rings is 1. The highest BCUT2D eigenvalue weighted by Crippen LogP contribution is 2.26. The molecule has 26 heavy (non-hydrogen) atoms. The highest BCUT2D eigenvalue weighted by Gasteiger charge is 2.31. The average Bonchev–Trinajstić information content (AvgIpc) is 2.59. The number of rotatable bonds is 4. The number of hydrogen-bond donors (Lipinski definition) is 2. The number of ether oxygens (including phenoxy) is 1. The van der Waals surface area contributed by atoms with Crippen molar-refractivity contribution >= 4 is 23.1 Å². The molecule has 9 heteroatoms. The van der Waals surface area contributed by atoms with Crippen LogP contribution >= 0.6 is 11.6 Å². The predicted octanol–water partition coefficient (Wildman–Crippen LogP) is 1.67. The van der Waals surface area contributed by atoms with E-state index < -0.39 is 6.23 Å². The molecule has 0 radical (unpaired) electrons. The molecule has 0 bridgehead atoms. The topological polar surface area (TPSA) is 92.5 Å². The van der Waals surface area contributed by atoms with Crippen LogP contribution in [0.15, 0.2) is 29.2 Å². The molecule has 1 aliphatic rings. The second-order valence-electron chi connectivity index (χ2n) is 6.47. The van der Waals surface area contributed by atoms with Gasteiger partial charge in [-0.2, -0.15) is 5.10 Å². The van der Waals surface area contributed by atoms with Gasteiger partial charge in [0.05, 0.1) is 13.2 Å². The number of hydrogen-bond acceptors (Lipinski definition) is 7. The van der Waals surface area contributed by atoms with E-state index in [0.29, 0.717) is 24.6 Å². The van der Waals surface area contributed by atoms with Gasteiger partial charge in [-0.25, -0.2) is 9.67 Å². The first-order chi connectivity index (χ1) is 12.4. The zero-order valence-corrected chi connectivity index (χ0v) is 15.6. The van der Waals surface area contributed by atoms with Crippen LogP contribution in [-0.4, -0.2) is 50.1 Å². The van der Waals surface area contributed by atoms with Gasteiger partial charge < -0.3 is 15.2 Å². The van der Waals surface area contributed by atoms with Crippen molar-refractivity contribution in [3.8, 4) is 0 Å². The van der Waals surface area contributed by atoms with Gasteiger partial charge in [-0.1, -0.05) is 11.6 Å². The molecular formula is C17H22ClN5O3. The molecule has 2 aromatic heterocycles. The van der Waals surface area contributed by atoms with E-state index in [-0.39, 0.29) is 28.5 Å². The molecule has 0 spiro atoms. The van der Waals surface area contributed by atoms with Crippen LogP contribution in [-0.2, 0) is 11.8 Å². The van der Waals surface area contributed by atoms with E-state index in [1.165, 1.54) is 13.1 Å². The first kappa shape index (κ1) is 18.8. The Morgan fingerprint density at radius 2 is 2.04 bits per heavy atom. The van der Waals surface area contributed by atoms with Crippen LogP contribution in [0.4, 0.5) is 11.5 Å². The van der Waals surface area contributed by atoms with Gasteiger partial charge in [-0.05, 0) is 26.0 Å². The van der Waals surface area contributed by atoms with Crippen molar-refractivity contribution in [2.45, 2.75) is 32.2 Å². The summed E-state index contributed by atoms with van der Waals surface area (Å²) >= 11 is 5.89. The molecule has 0 aliphatic carbocycles. The summed E-state index contributed by atoms with van der Waals surface area (Å²) in [6, 6.07) is 5.15. The predicted molar refractivity (Wildman–Crippen MR) is 98.5 cm³/mol. The van der Waals surface area contributed by atoms with Gasteiger partial charge in [0.2, 0.25) is 0 Å². The molecule has 1 saturated heterocycles. The van der Waals surface area contributed by atoms with Crippen molar-refractivity contribution < 1.29 is 9.84 Å². The molecule has 3 heterocycles. The number of nitrogens with one attached hydrogen (secondary N) is 1. The summed E-state index contributed by atoms with van der Waals surface area (Å²) in [6.45, 7) is 5.21. The van der Waals surface area contributed by atoms with Gasteiger partial charge in [0.1, 0.15) is 17.7 Å². The minimum Gasteiger partial charge on any atom is -0.378 e. The molecule has 1 aliphatic heterocycles. The zero-order chi connectivity index (χ0) is 18.8. The highest BCUT2D eigenvalue weighted by molar-refractivity contribution is 6.29. The van der Waals surface area contributed by atoms with Gasteiger partial charge >= 0.3 is 0 Å². The standard InChI is InChI=1S/C17H22ClN5O3/c1-10-8-26-9-11(2)23(10)16(24)12-4-5-15(19-7-12)20-13-6-14(18)21-22(3)17(13)25/h4-7,10-11,16,24H,8-9H2,1-3H3,(H,19,20)/t10-,11+,16?. The fourth-order valence-corrected chi connectivity index (χ4v) is 3.32. The Bertz CT molecular complexity index is 816. The fraction of sp³-hybridized carbons (Fsp3) is 0.471. The molecule has 2 N–H and O–H groups in total. The average molecular weight is 380 g/mol. The number of aromatic nitrogens is 3. The first-order valence-corrected chi connectivity index (χ1v) is 8.74. The smallest absolute Gasteiger partial charge is 0.290 e. The van der Waals surface area contributed by atoms with Crippen LogP contribution in [0.2, 0.25) is 5.15 Å². The van der Waals surface area contributed by atoms with Crippen LogP contribution < -0.4 is 10.9 Å². The zero-order valence-electron chi connectivity index (χ0n) is 14.9. The third-order valence-corrected chi connectivity index (χ3v) is 4.58. The Morgan fingerprint density at radius 3 is 2.65 bits per heavy atom. The second kappa shape index (κ2) is 7.71. The van der Waals surface area contributed by atoms with E-state index in [1.807, 2.05) is 18.7 Å². The van der Waals surface area contributed by atoms with Gasteiger partial charge in [-0.3, -0.25) is 9.69 Å². The van der Waals surface area contributed by atoms with Gasteiger partial charge in [0.15, 0.2) is 5.15 Å². The normalized spacial score (nSPS) is 22.2. The van der Waals surface area contributed by atoms with Gasteiger partial charge in [0, 0.05) is 37.0 Å². The lowest BCUT2D eigenvalue weighted by molar-refractivity contribution is -0.121. The van der Waals surface area contributed by atoms with Crippen LogP contribution in [0.25, 0.3) is 0 Å². The first-order valence-electron chi connectivity index (χ1n) is 8.37. The molecule has 1 unspecified atom stereocenters. The largest absolute Gasteiger partial charge is 0.378 e. The minimum absolute atomic E-state index is 0.105. The lowest BCUT2D eigenvalue weighted by Crippen LogP contribution is -2.51. The Kier molecular flexibility index (Phi) is 5.57. The molecule has 140 valence electrons. The van der Waals surface area contributed by atoms with Crippen LogP contribution in [0.5, 0.6) is 0 Å². The molecule has 3 atom stereocenters. The summed E-state index contributed by atoms with van der Waals surface area (Å²) in [5.74, 6) is 0.475. The minimum atomic E-state index is -0.770. The highest BCUT2D eigenvalue weighted by atomic mass is 35.5. The molecule has 0 aromatic carbocycles.